The van der Waals surface area contributed by atoms with E-state index in [0.717, 1.165) is 11.1 Å². The first kappa shape index (κ1) is 26.8. The maximum absolute atomic E-state index is 13.9. The summed E-state index contributed by atoms with van der Waals surface area (Å²) in [6.45, 7) is 1.91. The van der Waals surface area contributed by atoms with Gasteiger partial charge in [0, 0.05) is 0 Å². The predicted molar refractivity (Wildman–Crippen MR) is 148 cm³/mol. The van der Waals surface area contributed by atoms with Gasteiger partial charge in [-0.25, -0.2) is 8.42 Å². The van der Waals surface area contributed by atoms with Crippen molar-refractivity contribution < 1.29 is 22.7 Å². The second-order valence-corrected chi connectivity index (χ2v) is 10.5. The number of sulfonamides is 1. The molecule has 38 heavy (non-hydrogen) atoms. The van der Waals surface area contributed by atoms with Crippen LogP contribution in [0.15, 0.2) is 108 Å². The number of para-hydroxylation sites is 1. The van der Waals surface area contributed by atoms with E-state index >= 15 is 0 Å². The van der Waals surface area contributed by atoms with Gasteiger partial charge in [0.15, 0.2) is 11.5 Å². The molecule has 0 aliphatic carbocycles. The molecule has 0 fully saturated rings. The fraction of sp³-hybridized carbons (Fsp3) is 0.167. The van der Waals surface area contributed by atoms with Gasteiger partial charge in [-0.05, 0) is 54.4 Å². The van der Waals surface area contributed by atoms with Gasteiger partial charge in [0.05, 0.1) is 43.0 Å². The number of rotatable bonds is 10. The number of anilines is 1. The number of ether oxygens (including phenoxy) is 2. The fourth-order valence-electron chi connectivity index (χ4n) is 4.13. The summed E-state index contributed by atoms with van der Waals surface area (Å²) in [5, 5.41) is 2.99. The minimum Gasteiger partial charge on any atom is -0.493 e. The van der Waals surface area contributed by atoms with E-state index < -0.39 is 15.9 Å². The van der Waals surface area contributed by atoms with E-state index in [1.807, 2.05) is 43.3 Å². The highest BCUT2D eigenvalue weighted by Crippen LogP contribution is 2.32. The van der Waals surface area contributed by atoms with E-state index in [9.17, 15) is 13.2 Å². The maximum Gasteiger partial charge on any atom is 0.264 e. The third kappa shape index (κ3) is 5.81. The molecule has 1 N–H and O–H groups in total. The molecule has 0 saturated heterocycles. The maximum atomic E-state index is 13.9. The number of carbonyl (C=O) groups excluding carboxylic acids is 1. The summed E-state index contributed by atoms with van der Waals surface area (Å²) in [4.78, 5) is 13.7. The molecule has 1 amide bonds. The van der Waals surface area contributed by atoms with Crippen LogP contribution in [0.4, 0.5) is 5.69 Å². The molecule has 0 unspecified atom stereocenters. The average molecular weight is 531 g/mol. The van der Waals surface area contributed by atoms with Crippen molar-refractivity contribution in [3.05, 3.63) is 120 Å². The molecule has 0 radical (unpaired) electrons. The highest BCUT2D eigenvalue weighted by Gasteiger charge is 2.29. The van der Waals surface area contributed by atoms with Gasteiger partial charge < -0.3 is 14.8 Å². The number of carbonyl (C=O) groups is 1. The largest absolute Gasteiger partial charge is 0.493 e. The normalized spacial score (nSPS) is 11.9. The van der Waals surface area contributed by atoms with E-state index in [1.54, 1.807) is 80.9 Å². The molecule has 0 aromatic heterocycles. The first-order chi connectivity index (χ1) is 18.3. The van der Waals surface area contributed by atoms with Gasteiger partial charge in [-0.15, -0.1) is 0 Å². The monoisotopic (exact) mass is 530 g/mol. The molecule has 0 spiro atoms. The highest BCUT2D eigenvalue weighted by molar-refractivity contribution is 7.92. The minimum atomic E-state index is -3.98. The Balaban J connectivity index is 1.71. The number of methoxy groups -OCH3 is 2. The second kappa shape index (κ2) is 11.8. The minimum absolute atomic E-state index is 0.0631. The molecule has 0 heterocycles. The molecule has 7 nitrogen and oxygen atoms in total. The van der Waals surface area contributed by atoms with Crippen molar-refractivity contribution >= 4 is 21.6 Å². The molecule has 4 aromatic rings. The Morgan fingerprint density at radius 3 is 2.08 bits per heavy atom. The van der Waals surface area contributed by atoms with Gasteiger partial charge >= 0.3 is 0 Å². The number of amides is 1. The lowest BCUT2D eigenvalue weighted by molar-refractivity contribution is 0.0940. The third-order valence-electron chi connectivity index (χ3n) is 6.17. The standard InChI is InChI=1S/C30H30N2O5S/c1-22(24-18-19-28(36-2)29(20-24)37-3)31-30(33)26-16-10-11-17-27(26)32(21-23-12-6-4-7-13-23)38(34,35)25-14-8-5-9-15-25/h4-20,22H,21H2,1-3H3,(H,31,33)/t22-/m0/s1. The van der Waals surface area contributed by atoms with Crippen LogP contribution in [-0.4, -0.2) is 28.5 Å². The Bertz CT molecular complexity index is 1490. The van der Waals surface area contributed by atoms with Crippen LogP contribution >= 0.6 is 0 Å². The van der Waals surface area contributed by atoms with E-state index in [0.29, 0.717) is 11.5 Å². The van der Waals surface area contributed by atoms with E-state index in [-0.39, 0.29) is 28.7 Å². The number of hydrogen-bond donors (Lipinski definition) is 1. The van der Waals surface area contributed by atoms with E-state index in [2.05, 4.69) is 5.32 Å². The van der Waals surface area contributed by atoms with Crippen molar-refractivity contribution in [3.8, 4) is 11.5 Å². The lowest BCUT2D eigenvalue weighted by Crippen LogP contribution is -2.34. The SMILES string of the molecule is COc1ccc([C@H](C)NC(=O)c2ccccc2N(Cc2ccccc2)S(=O)(=O)c2ccccc2)cc1OC. The molecule has 0 bridgehead atoms. The van der Waals surface area contributed by atoms with Crippen LogP contribution < -0.4 is 19.1 Å². The van der Waals surface area contributed by atoms with Gasteiger partial charge in [-0.2, -0.15) is 0 Å². The molecular weight excluding hydrogens is 500 g/mol. The Morgan fingerprint density at radius 1 is 0.816 bits per heavy atom. The molecule has 1 atom stereocenters. The van der Waals surface area contributed by atoms with Crippen LogP contribution in [0.1, 0.15) is 34.5 Å². The quantitative estimate of drug-likeness (QED) is 0.289. The average Bonchev–Trinajstić information content (AvgIpc) is 2.96. The summed E-state index contributed by atoms with van der Waals surface area (Å²) in [7, 11) is -0.872. The van der Waals surface area contributed by atoms with Crippen molar-refractivity contribution in [3.63, 3.8) is 0 Å². The van der Waals surface area contributed by atoms with Crippen molar-refractivity contribution in [1.82, 2.24) is 5.32 Å². The number of hydrogen-bond acceptors (Lipinski definition) is 5. The second-order valence-electron chi connectivity index (χ2n) is 8.64. The Hall–Kier alpha value is -4.30. The topological polar surface area (TPSA) is 84.9 Å². The van der Waals surface area contributed by atoms with Crippen LogP contribution in [0, 0.1) is 0 Å². The van der Waals surface area contributed by atoms with Crippen molar-refractivity contribution in [2.24, 2.45) is 0 Å². The summed E-state index contributed by atoms with van der Waals surface area (Å²) >= 11 is 0. The summed E-state index contributed by atoms with van der Waals surface area (Å²) in [5.74, 6) is 0.737. The Kier molecular flexibility index (Phi) is 8.33. The molecule has 0 aliphatic heterocycles. The lowest BCUT2D eigenvalue weighted by atomic mass is 10.1. The molecule has 4 rings (SSSR count). The first-order valence-electron chi connectivity index (χ1n) is 12.1. The molecule has 196 valence electrons. The summed E-state index contributed by atoms with van der Waals surface area (Å²) < 4.78 is 39.7. The van der Waals surface area contributed by atoms with Gasteiger partial charge in [0.2, 0.25) is 0 Å². The highest BCUT2D eigenvalue weighted by atomic mass is 32.2. The summed E-state index contributed by atoms with van der Waals surface area (Å²) in [6.07, 6.45) is 0. The molecule has 8 heteroatoms. The zero-order chi connectivity index (χ0) is 27.1. The number of nitrogens with zero attached hydrogens (tertiary/aromatic N) is 1. The molecule has 0 saturated carbocycles. The number of benzene rings is 4. The van der Waals surface area contributed by atoms with Crippen LogP contribution in [0.5, 0.6) is 11.5 Å². The predicted octanol–water partition coefficient (Wildman–Crippen LogP) is 5.59. The molecular formula is C30H30N2O5S. The third-order valence-corrected chi connectivity index (χ3v) is 7.95. The van der Waals surface area contributed by atoms with Crippen molar-refractivity contribution in [1.29, 1.82) is 0 Å². The Labute approximate surface area is 223 Å². The molecule has 4 aromatic carbocycles. The van der Waals surface area contributed by atoms with Gasteiger partial charge in [-0.1, -0.05) is 66.7 Å². The fourth-order valence-corrected chi connectivity index (χ4v) is 5.62. The Morgan fingerprint density at radius 2 is 1.42 bits per heavy atom. The van der Waals surface area contributed by atoms with E-state index in [1.165, 1.54) is 4.31 Å². The molecule has 0 aliphatic rings. The zero-order valence-corrected chi connectivity index (χ0v) is 22.3. The van der Waals surface area contributed by atoms with Gasteiger partial charge in [-0.3, -0.25) is 9.10 Å². The number of nitrogens with one attached hydrogen (secondary N) is 1. The van der Waals surface area contributed by atoms with Crippen molar-refractivity contribution in [2.45, 2.75) is 24.4 Å². The smallest absolute Gasteiger partial charge is 0.264 e. The van der Waals surface area contributed by atoms with Crippen LogP contribution in [0.25, 0.3) is 0 Å². The van der Waals surface area contributed by atoms with Crippen molar-refractivity contribution in [2.75, 3.05) is 18.5 Å². The first-order valence-corrected chi connectivity index (χ1v) is 13.5. The summed E-state index contributed by atoms with van der Waals surface area (Å²) in [6, 6.07) is 29.3. The van der Waals surface area contributed by atoms with Crippen LogP contribution in [-0.2, 0) is 16.6 Å². The van der Waals surface area contributed by atoms with E-state index in [4.69, 9.17) is 9.47 Å². The van der Waals surface area contributed by atoms with Crippen LogP contribution in [0.2, 0.25) is 0 Å². The zero-order valence-electron chi connectivity index (χ0n) is 21.5. The van der Waals surface area contributed by atoms with Gasteiger partial charge in [0.25, 0.3) is 15.9 Å². The summed E-state index contributed by atoms with van der Waals surface area (Å²) in [5.41, 5.74) is 2.14. The van der Waals surface area contributed by atoms with Crippen LogP contribution in [0.3, 0.4) is 0 Å². The van der Waals surface area contributed by atoms with Gasteiger partial charge in [0.1, 0.15) is 0 Å². The lowest BCUT2D eigenvalue weighted by Gasteiger charge is -2.27.